The summed E-state index contributed by atoms with van der Waals surface area (Å²) in [5.74, 6) is -1.05. The van der Waals surface area contributed by atoms with E-state index in [1.165, 1.54) is 0 Å². The van der Waals surface area contributed by atoms with Gasteiger partial charge in [0, 0.05) is 24.3 Å². The zero-order chi connectivity index (χ0) is 12.8. The van der Waals surface area contributed by atoms with E-state index in [9.17, 15) is 9.90 Å². The van der Waals surface area contributed by atoms with Crippen LogP contribution in [0.2, 0.25) is 0 Å². The minimum absolute atomic E-state index is 0.0569. The Labute approximate surface area is 100 Å². The molecule has 1 saturated carbocycles. The number of hydrogen-bond donors (Lipinski definition) is 4. The number of nitrogens with one attached hydrogen (secondary N) is 1. The molecule has 0 bridgehead atoms. The highest BCUT2D eigenvalue weighted by atomic mass is 16.4. The van der Waals surface area contributed by atoms with E-state index < -0.39 is 18.6 Å². The van der Waals surface area contributed by atoms with Crippen LogP contribution in [0.5, 0.6) is 0 Å². The van der Waals surface area contributed by atoms with Gasteiger partial charge in [-0.25, -0.2) is 4.79 Å². The summed E-state index contributed by atoms with van der Waals surface area (Å²) in [6.45, 7) is -0.444. The number of hydrogen-bond acceptors (Lipinski definition) is 5. The summed E-state index contributed by atoms with van der Waals surface area (Å²) < 4.78 is 0. The van der Waals surface area contributed by atoms with E-state index in [4.69, 9.17) is 10.2 Å². The number of carboxylic acids is 1. The van der Waals surface area contributed by atoms with E-state index in [1.54, 1.807) is 7.05 Å². The second-order valence-electron chi connectivity index (χ2n) is 4.26. The Hall–Kier alpha value is -0.980. The van der Waals surface area contributed by atoms with E-state index in [0.29, 0.717) is 6.42 Å². The van der Waals surface area contributed by atoms with Crippen LogP contribution < -0.4 is 5.32 Å². The average molecular weight is 244 g/mol. The van der Waals surface area contributed by atoms with Crippen LogP contribution in [0.25, 0.3) is 0 Å². The highest BCUT2D eigenvalue weighted by Gasteiger charge is 2.29. The normalized spacial score (nSPS) is 29.2. The number of aliphatic hydroxyl groups excluding tert-OH is 2. The number of aliphatic hydroxyl groups is 2. The number of carboxylic acid groups (broad SMARTS) is 1. The van der Waals surface area contributed by atoms with Crippen LogP contribution in [0.1, 0.15) is 19.3 Å². The van der Waals surface area contributed by atoms with Crippen molar-refractivity contribution in [3.05, 3.63) is 0 Å². The maximum atomic E-state index is 10.8. The molecule has 0 spiro atoms. The van der Waals surface area contributed by atoms with Crippen molar-refractivity contribution < 1.29 is 20.1 Å². The second-order valence-corrected chi connectivity index (χ2v) is 4.26. The van der Waals surface area contributed by atoms with Crippen molar-refractivity contribution in [2.75, 3.05) is 20.3 Å². The molecule has 17 heavy (non-hydrogen) atoms. The van der Waals surface area contributed by atoms with Gasteiger partial charge < -0.3 is 20.6 Å². The van der Waals surface area contributed by atoms with Crippen molar-refractivity contribution in [2.45, 2.75) is 31.3 Å². The van der Waals surface area contributed by atoms with E-state index >= 15 is 0 Å². The van der Waals surface area contributed by atoms with E-state index in [0.717, 1.165) is 18.6 Å². The minimum Gasteiger partial charge on any atom is -0.480 e. The number of carbonyl (C=O) groups is 1. The van der Waals surface area contributed by atoms with Crippen LogP contribution in [0.4, 0.5) is 0 Å². The average Bonchev–Trinajstić information content (AvgIpc) is 2.34. The van der Waals surface area contributed by atoms with E-state index in [2.05, 4.69) is 10.3 Å². The summed E-state index contributed by atoms with van der Waals surface area (Å²) in [6.07, 6.45) is 2.50. The fourth-order valence-corrected chi connectivity index (χ4v) is 2.26. The van der Waals surface area contributed by atoms with Gasteiger partial charge in [-0.2, -0.15) is 0 Å². The van der Waals surface area contributed by atoms with Crippen LogP contribution >= 0.6 is 0 Å². The standard InChI is InChI=1S/C11H20N2O4/c1-12-10-7(5-14)3-2-4-8(10)13-9(6-15)11(16)17/h7,9-10,12,14-15H,2-6H2,1H3,(H,16,17)/t7?,9-,10?/m0/s1. The molecule has 2 unspecified atom stereocenters. The molecule has 1 rings (SSSR count). The van der Waals surface area contributed by atoms with Crippen molar-refractivity contribution in [2.24, 2.45) is 10.9 Å². The maximum absolute atomic E-state index is 10.8. The molecule has 0 aliphatic heterocycles. The van der Waals surface area contributed by atoms with Gasteiger partial charge >= 0.3 is 5.97 Å². The second kappa shape index (κ2) is 6.68. The highest BCUT2D eigenvalue weighted by molar-refractivity contribution is 5.92. The Morgan fingerprint density at radius 1 is 1.59 bits per heavy atom. The predicted octanol–water partition coefficient (Wildman–Crippen LogP) is -0.747. The van der Waals surface area contributed by atoms with E-state index in [-0.39, 0.29) is 18.6 Å². The zero-order valence-corrected chi connectivity index (χ0v) is 9.96. The van der Waals surface area contributed by atoms with Crippen LogP contribution in [0.15, 0.2) is 4.99 Å². The van der Waals surface area contributed by atoms with Crippen molar-refractivity contribution in [1.82, 2.24) is 5.32 Å². The molecule has 0 saturated heterocycles. The molecule has 1 aliphatic rings. The Morgan fingerprint density at radius 3 is 2.76 bits per heavy atom. The first-order valence-corrected chi connectivity index (χ1v) is 5.82. The minimum atomic E-state index is -1.12. The van der Waals surface area contributed by atoms with Crippen molar-refractivity contribution in [3.63, 3.8) is 0 Å². The number of aliphatic imine (C=N–C) groups is 1. The smallest absolute Gasteiger partial charge is 0.330 e. The molecule has 6 nitrogen and oxygen atoms in total. The number of nitrogens with zero attached hydrogens (tertiary/aromatic N) is 1. The molecule has 0 aromatic heterocycles. The number of rotatable bonds is 5. The summed E-state index contributed by atoms with van der Waals surface area (Å²) in [5, 5.41) is 30.1. The van der Waals surface area contributed by atoms with Gasteiger partial charge in [-0.05, 0) is 26.3 Å². The Bertz CT molecular complexity index is 293. The molecule has 0 amide bonds. The molecular weight excluding hydrogens is 224 g/mol. The van der Waals surface area contributed by atoms with Gasteiger partial charge in [0.2, 0.25) is 0 Å². The van der Waals surface area contributed by atoms with Crippen LogP contribution in [0, 0.1) is 5.92 Å². The fraction of sp³-hybridized carbons (Fsp3) is 0.818. The monoisotopic (exact) mass is 244 g/mol. The summed E-state index contributed by atoms with van der Waals surface area (Å²) in [4.78, 5) is 14.9. The van der Waals surface area contributed by atoms with Gasteiger partial charge in [0.1, 0.15) is 0 Å². The van der Waals surface area contributed by atoms with Crippen LogP contribution in [0.3, 0.4) is 0 Å². The third kappa shape index (κ3) is 3.49. The lowest BCUT2D eigenvalue weighted by Gasteiger charge is -2.32. The molecule has 1 fully saturated rings. The summed E-state index contributed by atoms with van der Waals surface area (Å²) in [6, 6.07) is -1.19. The largest absolute Gasteiger partial charge is 0.480 e. The number of aliphatic carboxylic acids is 1. The lowest BCUT2D eigenvalue weighted by molar-refractivity contribution is -0.139. The molecular formula is C11H20N2O4. The molecule has 98 valence electrons. The van der Waals surface area contributed by atoms with Gasteiger partial charge in [-0.15, -0.1) is 0 Å². The quantitative estimate of drug-likeness (QED) is 0.510. The van der Waals surface area contributed by atoms with Gasteiger partial charge in [0.25, 0.3) is 0 Å². The summed E-state index contributed by atoms with van der Waals surface area (Å²) in [7, 11) is 1.77. The van der Waals surface area contributed by atoms with Gasteiger partial charge in [0.05, 0.1) is 6.61 Å². The Kier molecular flexibility index (Phi) is 5.54. The molecule has 6 heteroatoms. The molecule has 0 aromatic carbocycles. The lowest BCUT2D eigenvalue weighted by atomic mass is 9.83. The molecule has 0 aromatic rings. The maximum Gasteiger partial charge on any atom is 0.330 e. The van der Waals surface area contributed by atoms with Crippen molar-refractivity contribution in [1.29, 1.82) is 0 Å². The van der Waals surface area contributed by atoms with Gasteiger partial charge in [0.15, 0.2) is 6.04 Å². The first kappa shape index (κ1) is 14.1. The SMILES string of the molecule is CNC1C(=N[C@@H](CO)C(=O)O)CCCC1CO. The third-order valence-corrected chi connectivity index (χ3v) is 3.16. The Morgan fingerprint density at radius 2 is 2.29 bits per heavy atom. The van der Waals surface area contributed by atoms with Crippen LogP contribution in [-0.4, -0.2) is 59.3 Å². The topological polar surface area (TPSA) is 102 Å². The molecule has 1 aliphatic carbocycles. The first-order valence-electron chi connectivity index (χ1n) is 5.82. The summed E-state index contributed by atoms with van der Waals surface area (Å²) >= 11 is 0. The van der Waals surface area contributed by atoms with Crippen LogP contribution in [-0.2, 0) is 4.79 Å². The summed E-state index contributed by atoms with van der Waals surface area (Å²) in [5.41, 5.74) is 0.735. The fourth-order valence-electron chi connectivity index (χ4n) is 2.26. The van der Waals surface area contributed by atoms with Crippen molar-refractivity contribution in [3.8, 4) is 0 Å². The first-order chi connectivity index (χ1) is 8.13. The molecule has 4 N–H and O–H groups in total. The molecule has 0 radical (unpaired) electrons. The molecule has 3 atom stereocenters. The highest BCUT2D eigenvalue weighted by Crippen LogP contribution is 2.22. The van der Waals surface area contributed by atoms with Gasteiger partial charge in [-0.1, -0.05) is 0 Å². The molecule has 0 heterocycles. The zero-order valence-electron chi connectivity index (χ0n) is 9.96. The van der Waals surface area contributed by atoms with E-state index in [1.807, 2.05) is 0 Å². The Balaban J connectivity index is 2.85. The van der Waals surface area contributed by atoms with Gasteiger partial charge in [-0.3, -0.25) is 4.99 Å². The predicted molar refractivity (Wildman–Crippen MR) is 63.2 cm³/mol. The third-order valence-electron chi connectivity index (χ3n) is 3.16. The lowest BCUT2D eigenvalue weighted by Crippen LogP contribution is -2.46. The van der Waals surface area contributed by atoms with Crippen molar-refractivity contribution >= 4 is 11.7 Å².